The van der Waals surface area contributed by atoms with Gasteiger partial charge in [-0.3, -0.25) is 9.69 Å². The molecule has 0 atom stereocenters. The largest absolute Gasteiger partial charge is 0.465 e. The molecule has 0 spiro atoms. The lowest BCUT2D eigenvalue weighted by molar-refractivity contribution is -0.144. The molecule has 0 radical (unpaired) electrons. The summed E-state index contributed by atoms with van der Waals surface area (Å²) in [6, 6.07) is 0. The molecule has 0 saturated heterocycles. The van der Waals surface area contributed by atoms with Crippen molar-refractivity contribution in [2.45, 2.75) is 26.7 Å². The fourth-order valence-electron chi connectivity index (χ4n) is 0.708. The van der Waals surface area contributed by atoms with Gasteiger partial charge in [-0.25, -0.2) is 0 Å². The predicted molar refractivity (Wildman–Crippen MR) is 49.0 cm³/mol. The summed E-state index contributed by atoms with van der Waals surface area (Å²) in [6.07, 6.45) is 2.03. The second kappa shape index (κ2) is 7.10. The second-order valence-electron chi connectivity index (χ2n) is 2.90. The van der Waals surface area contributed by atoms with E-state index in [4.69, 9.17) is 4.74 Å². The molecule has 3 nitrogen and oxygen atoms in total. The van der Waals surface area contributed by atoms with Crippen LogP contribution in [0.1, 0.15) is 26.7 Å². The fraction of sp³-hybridized carbons (Fsp3) is 0.889. The van der Waals surface area contributed by atoms with E-state index in [-0.39, 0.29) is 5.97 Å². The summed E-state index contributed by atoms with van der Waals surface area (Å²) in [5.74, 6) is -0.118. The first kappa shape index (κ1) is 11.4. The predicted octanol–water partition coefficient (Wildman–Crippen LogP) is 1.28. The SMILES string of the molecule is CCCCOC(=O)CN(C)CC. The van der Waals surface area contributed by atoms with Crippen molar-refractivity contribution in [3.05, 3.63) is 0 Å². The minimum Gasteiger partial charge on any atom is -0.465 e. The molecule has 12 heavy (non-hydrogen) atoms. The molecule has 0 aliphatic carbocycles. The van der Waals surface area contributed by atoms with Gasteiger partial charge in [0.05, 0.1) is 13.2 Å². The molecule has 0 N–H and O–H groups in total. The summed E-state index contributed by atoms with van der Waals surface area (Å²) in [4.78, 5) is 12.9. The van der Waals surface area contributed by atoms with E-state index in [1.165, 1.54) is 0 Å². The monoisotopic (exact) mass is 173 g/mol. The number of ether oxygens (including phenoxy) is 1. The lowest BCUT2D eigenvalue weighted by Crippen LogP contribution is -2.27. The van der Waals surface area contributed by atoms with Crippen molar-refractivity contribution in [2.24, 2.45) is 0 Å². The van der Waals surface area contributed by atoms with E-state index in [9.17, 15) is 4.79 Å². The van der Waals surface area contributed by atoms with Crippen molar-refractivity contribution in [3.8, 4) is 0 Å². The van der Waals surface area contributed by atoms with Crippen molar-refractivity contribution in [2.75, 3.05) is 26.7 Å². The molecule has 0 fully saturated rings. The molecule has 0 amide bonds. The minimum absolute atomic E-state index is 0.118. The average molecular weight is 173 g/mol. The van der Waals surface area contributed by atoms with Gasteiger partial charge < -0.3 is 4.74 Å². The molecule has 0 aliphatic rings. The number of hydrogen-bond acceptors (Lipinski definition) is 3. The van der Waals surface area contributed by atoms with Crippen molar-refractivity contribution < 1.29 is 9.53 Å². The number of carbonyl (C=O) groups is 1. The van der Waals surface area contributed by atoms with Crippen LogP contribution in [0, 0.1) is 0 Å². The fourth-order valence-corrected chi connectivity index (χ4v) is 0.708. The number of rotatable bonds is 6. The Labute approximate surface area is 74.7 Å². The molecular formula is C9H19NO2. The van der Waals surface area contributed by atoms with Crippen LogP contribution in [-0.4, -0.2) is 37.6 Å². The highest BCUT2D eigenvalue weighted by atomic mass is 16.5. The number of likely N-dealkylation sites (N-methyl/N-ethyl adjacent to an activating group) is 1. The van der Waals surface area contributed by atoms with Gasteiger partial charge in [-0.15, -0.1) is 0 Å². The Morgan fingerprint density at radius 2 is 2.08 bits per heavy atom. The third-order valence-corrected chi connectivity index (χ3v) is 1.70. The highest BCUT2D eigenvalue weighted by Crippen LogP contribution is 1.90. The third-order valence-electron chi connectivity index (χ3n) is 1.70. The summed E-state index contributed by atoms with van der Waals surface area (Å²) in [5.41, 5.74) is 0. The van der Waals surface area contributed by atoms with E-state index in [2.05, 4.69) is 6.92 Å². The smallest absolute Gasteiger partial charge is 0.320 e. The summed E-state index contributed by atoms with van der Waals surface area (Å²) in [5, 5.41) is 0. The molecule has 0 heterocycles. The Morgan fingerprint density at radius 3 is 2.58 bits per heavy atom. The Hall–Kier alpha value is -0.570. The van der Waals surface area contributed by atoms with E-state index in [0.717, 1.165) is 19.4 Å². The standard InChI is InChI=1S/C9H19NO2/c1-4-6-7-12-9(11)8-10(3)5-2/h4-8H2,1-3H3. The zero-order valence-electron chi connectivity index (χ0n) is 8.30. The van der Waals surface area contributed by atoms with E-state index in [1.807, 2.05) is 18.9 Å². The average Bonchev–Trinajstić information content (AvgIpc) is 2.05. The molecule has 0 unspecified atom stereocenters. The van der Waals surface area contributed by atoms with Crippen LogP contribution in [0.4, 0.5) is 0 Å². The summed E-state index contributed by atoms with van der Waals surface area (Å²) in [6.45, 7) is 5.93. The van der Waals surface area contributed by atoms with Gasteiger partial charge in [-0.2, -0.15) is 0 Å². The summed E-state index contributed by atoms with van der Waals surface area (Å²) in [7, 11) is 1.90. The van der Waals surface area contributed by atoms with Crippen LogP contribution in [-0.2, 0) is 9.53 Å². The molecular weight excluding hydrogens is 154 g/mol. The van der Waals surface area contributed by atoms with Gasteiger partial charge in [0.15, 0.2) is 0 Å². The number of unbranched alkanes of at least 4 members (excludes halogenated alkanes) is 1. The molecule has 0 rings (SSSR count). The van der Waals surface area contributed by atoms with E-state index < -0.39 is 0 Å². The third kappa shape index (κ3) is 6.16. The van der Waals surface area contributed by atoms with Crippen LogP contribution in [0.3, 0.4) is 0 Å². The van der Waals surface area contributed by atoms with E-state index in [0.29, 0.717) is 13.2 Å². The second-order valence-corrected chi connectivity index (χ2v) is 2.90. The Kier molecular flexibility index (Phi) is 6.76. The van der Waals surface area contributed by atoms with Crippen LogP contribution in [0.2, 0.25) is 0 Å². The van der Waals surface area contributed by atoms with Gasteiger partial charge in [-0.05, 0) is 20.0 Å². The molecule has 0 aromatic carbocycles. The van der Waals surface area contributed by atoms with E-state index in [1.54, 1.807) is 0 Å². The number of carbonyl (C=O) groups excluding carboxylic acids is 1. The van der Waals surface area contributed by atoms with E-state index >= 15 is 0 Å². The zero-order chi connectivity index (χ0) is 9.40. The van der Waals surface area contributed by atoms with Gasteiger partial charge >= 0.3 is 5.97 Å². The lowest BCUT2D eigenvalue weighted by Gasteiger charge is -2.12. The van der Waals surface area contributed by atoms with Gasteiger partial charge in [0.1, 0.15) is 0 Å². The van der Waals surface area contributed by atoms with Crippen LogP contribution in [0.25, 0.3) is 0 Å². The van der Waals surface area contributed by atoms with Crippen LogP contribution < -0.4 is 0 Å². The lowest BCUT2D eigenvalue weighted by atomic mass is 10.4. The first-order valence-electron chi connectivity index (χ1n) is 4.54. The first-order valence-corrected chi connectivity index (χ1v) is 4.54. The molecule has 0 aliphatic heterocycles. The Bertz CT molecular complexity index is 126. The van der Waals surface area contributed by atoms with Crippen LogP contribution >= 0.6 is 0 Å². The molecule has 0 aromatic rings. The van der Waals surface area contributed by atoms with Gasteiger partial charge in [0.25, 0.3) is 0 Å². The number of hydrogen-bond donors (Lipinski definition) is 0. The van der Waals surface area contributed by atoms with Crippen molar-refractivity contribution in [1.82, 2.24) is 4.90 Å². The highest BCUT2D eigenvalue weighted by molar-refractivity contribution is 5.71. The van der Waals surface area contributed by atoms with Gasteiger partial charge in [0, 0.05) is 0 Å². The maximum Gasteiger partial charge on any atom is 0.320 e. The topological polar surface area (TPSA) is 29.5 Å². The van der Waals surface area contributed by atoms with Crippen molar-refractivity contribution in [1.29, 1.82) is 0 Å². The summed E-state index contributed by atoms with van der Waals surface area (Å²) >= 11 is 0. The molecule has 3 heteroatoms. The van der Waals surface area contributed by atoms with Crippen LogP contribution in [0.5, 0.6) is 0 Å². The van der Waals surface area contributed by atoms with Crippen molar-refractivity contribution in [3.63, 3.8) is 0 Å². The number of nitrogens with zero attached hydrogens (tertiary/aromatic N) is 1. The van der Waals surface area contributed by atoms with Crippen molar-refractivity contribution >= 4 is 5.97 Å². The quantitative estimate of drug-likeness (QED) is 0.447. The maximum absolute atomic E-state index is 11.0. The van der Waals surface area contributed by atoms with Gasteiger partial charge in [-0.1, -0.05) is 20.3 Å². The normalized spacial score (nSPS) is 10.3. The maximum atomic E-state index is 11.0. The summed E-state index contributed by atoms with van der Waals surface area (Å²) < 4.78 is 4.97. The zero-order valence-corrected chi connectivity index (χ0v) is 8.30. The molecule has 0 aromatic heterocycles. The molecule has 72 valence electrons. The Morgan fingerprint density at radius 1 is 1.42 bits per heavy atom. The first-order chi connectivity index (χ1) is 5.70. The minimum atomic E-state index is -0.118. The Balaban J connectivity index is 3.33. The van der Waals surface area contributed by atoms with Gasteiger partial charge in [0.2, 0.25) is 0 Å². The highest BCUT2D eigenvalue weighted by Gasteiger charge is 2.04. The molecule has 0 saturated carbocycles. The van der Waals surface area contributed by atoms with Crippen LogP contribution in [0.15, 0.2) is 0 Å². The number of esters is 1. The molecule has 0 bridgehead atoms.